The van der Waals surface area contributed by atoms with Crippen LogP contribution in [0.25, 0.3) is 11.3 Å². The van der Waals surface area contributed by atoms with Crippen LogP contribution in [0, 0.1) is 0 Å². The fraction of sp³-hybridized carbons (Fsp3) is 0.429. The summed E-state index contributed by atoms with van der Waals surface area (Å²) in [6.45, 7) is 4.26. The number of nitrogen functional groups attached to an aromatic ring is 1. The molecular weight excluding hydrogens is 701 g/mol. The number of carboxylic acids is 1. The average molecular weight is 739 g/mol. The Morgan fingerprint density at radius 1 is 1.20 bits per heavy atom. The van der Waals surface area contributed by atoms with Crippen LogP contribution in [-0.4, -0.2) is 105 Å². The number of oxime groups is 1. The first-order valence-corrected chi connectivity index (χ1v) is 17.2. The Hall–Kier alpha value is -4.87. The van der Waals surface area contributed by atoms with E-state index in [1.165, 1.54) is 19.2 Å². The van der Waals surface area contributed by atoms with Crippen molar-refractivity contribution in [2.24, 2.45) is 28.7 Å². The van der Waals surface area contributed by atoms with Gasteiger partial charge in [-0.05, 0) is 56.6 Å². The molecule has 1 fully saturated rings. The molecule has 2 atom stereocenters. The quantitative estimate of drug-likeness (QED) is 0.0412. The van der Waals surface area contributed by atoms with E-state index in [0.717, 1.165) is 34.6 Å². The van der Waals surface area contributed by atoms with Crippen LogP contribution >= 0.6 is 11.3 Å². The van der Waals surface area contributed by atoms with Gasteiger partial charge in [0.2, 0.25) is 5.62 Å². The smallest absolute Gasteiger partial charge is 0.418 e. The molecule has 1 aliphatic rings. The number of nitrogens with one attached hydrogen (secondary N) is 1. The third-order valence-electron chi connectivity index (χ3n) is 7.38. The van der Waals surface area contributed by atoms with Gasteiger partial charge in [-0.25, -0.2) is 9.78 Å². The van der Waals surface area contributed by atoms with E-state index < -0.39 is 58.2 Å². The number of benzene rings is 1. The highest BCUT2D eigenvalue weighted by atomic mass is 32.3. The van der Waals surface area contributed by atoms with Gasteiger partial charge in [0.25, 0.3) is 17.9 Å². The predicted octanol–water partition coefficient (Wildman–Crippen LogP) is -1.17. The van der Waals surface area contributed by atoms with Crippen molar-refractivity contribution in [1.82, 2.24) is 24.5 Å². The summed E-state index contributed by atoms with van der Waals surface area (Å²) in [5.74, 6) is -3.17. The molecule has 3 aromatic rings. The van der Waals surface area contributed by atoms with Gasteiger partial charge in [-0.3, -0.25) is 19.1 Å². The molecule has 1 saturated heterocycles. The molecule has 22 heteroatoms. The molecule has 2 aromatic heterocycles. The molecule has 4 rings (SSSR count). The molecule has 20 nitrogen and oxygen atoms in total. The van der Waals surface area contributed by atoms with Crippen molar-refractivity contribution in [2.75, 3.05) is 32.0 Å². The first kappa shape index (κ1) is 37.9. The number of carboxylic acid groups (broad SMARTS) is 1. The monoisotopic (exact) mass is 738 g/mol. The van der Waals surface area contributed by atoms with E-state index in [4.69, 9.17) is 31.3 Å². The number of carbonyl (C=O) groups excluding carboxylic acids is 2. The van der Waals surface area contributed by atoms with Crippen LogP contribution in [0.15, 0.2) is 46.0 Å². The molecule has 272 valence electrons. The van der Waals surface area contributed by atoms with Crippen molar-refractivity contribution in [3.8, 4) is 17.0 Å². The Morgan fingerprint density at radius 3 is 2.46 bits per heavy atom. The third-order valence-corrected chi connectivity index (χ3v) is 8.39. The molecule has 0 spiro atoms. The van der Waals surface area contributed by atoms with E-state index in [2.05, 4.69) is 24.7 Å². The number of imidazole rings is 1. The normalized spacial score (nSPS) is 17.0. The number of aryl methyl sites for hydroxylation is 1. The topological polar surface area (TPSA) is 294 Å². The second-order valence-corrected chi connectivity index (χ2v) is 13.2. The molecule has 0 aliphatic carbocycles. The number of ether oxygens (including phenoxy) is 1. The number of anilines is 1. The zero-order valence-corrected chi connectivity index (χ0v) is 28.9. The number of β-lactam (4-membered cyclic amide) rings is 1. The number of rotatable bonds is 17. The lowest BCUT2D eigenvalue weighted by Gasteiger charge is -2.50. The highest BCUT2D eigenvalue weighted by molar-refractivity contribution is 7.80. The first-order chi connectivity index (χ1) is 23.6. The highest BCUT2D eigenvalue weighted by Crippen LogP contribution is 2.33. The van der Waals surface area contributed by atoms with E-state index in [1.54, 1.807) is 24.3 Å². The lowest BCUT2D eigenvalue weighted by atomic mass is 9.84. The molecule has 1 unspecified atom stereocenters. The number of aliphatic carboxylic acids is 1. The van der Waals surface area contributed by atoms with Gasteiger partial charge in [0, 0.05) is 31.7 Å². The van der Waals surface area contributed by atoms with Crippen LogP contribution in [0.2, 0.25) is 0 Å². The van der Waals surface area contributed by atoms with E-state index in [-0.39, 0.29) is 10.8 Å². The molecule has 1 aromatic carbocycles. The molecule has 0 bridgehead atoms. The standard InChI is InChI=1S/C28H38N10O10S2/c1-28(2)22(24(40)38(28)48-50(43,44)45)34-23(39)21(18-15-49-26(31)33-18)35-47-20(25(41)42)14-46-17-7-5-16(6-8-17)19-13-37(12-4-9-29)27(36(19)3)32-11-10-30/h5-8,13,15,20,22H,4,9-12,14,29-30H2,1-3H3,(H2,31,33)(H,34,39)(H,41,42)(H,43,44,45)/b32-27?,35-21-/t20-,22?/m0/s1. The van der Waals surface area contributed by atoms with Crippen LogP contribution in [0.1, 0.15) is 26.0 Å². The fourth-order valence-electron chi connectivity index (χ4n) is 4.83. The Kier molecular flexibility index (Phi) is 12.0. The van der Waals surface area contributed by atoms with Crippen molar-refractivity contribution in [2.45, 2.75) is 44.5 Å². The fourth-order valence-corrected chi connectivity index (χ4v) is 5.83. The van der Waals surface area contributed by atoms with E-state index in [0.29, 0.717) is 37.0 Å². The number of hydrogen-bond acceptors (Lipinski definition) is 15. The minimum absolute atomic E-state index is 0.0525. The predicted molar refractivity (Wildman–Crippen MR) is 179 cm³/mol. The van der Waals surface area contributed by atoms with Crippen LogP contribution in [0.4, 0.5) is 5.13 Å². The Labute approximate surface area is 290 Å². The van der Waals surface area contributed by atoms with Gasteiger partial charge < -0.3 is 46.3 Å². The molecule has 9 N–H and O–H groups in total. The van der Waals surface area contributed by atoms with Gasteiger partial charge >= 0.3 is 16.4 Å². The third kappa shape index (κ3) is 8.83. The zero-order valence-electron chi connectivity index (χ0n) is 27.3. The maximum absolute atomic E-state index is 13.3. The van der Waals surface area contributed by atoms with Crippen LogP contribution in [-0.2, 0) is 47.5 Å². The van der Waals surface area contributed by atoms with Gasteiger partial charge in [-0.2, -0.15) is 13.5 Å². The molecule has 2 amide bonds. The average Bonchev–Trinajstić information content (AvgIpc) is 3.63. The number of amides is 2. The van der Waals surface area contributed by atoms with Crippen molar-refractivity contribution in [1.29, 1.82) is 0 Å². The lowest BCUT2D eigenvalue weighted by molar-refractivity contribution is -0.218. The van der Waals surface area contributed by atoms with Crippen LogP contribution in [0.5, 0.6) is 5.75 Å². The van der Waals surface area contributed by atoms with Gasteiger partial charge in [-0.15, -0.1) is 15.6 Å². The molecule has 0 radical (unpaired) electrons. The van der Waals surface area contributed by atoms with Crippen LogP contribution in [0.3, 0.4) is 0 Å². The molecule has 0 saturated carbocycles. The number of nitrogens with zero attached hydrogens (tertiary/aromatic N) is 6. The summed E-state index contributed by atoms with van der Waals surface area (Å²) < 4.78 is 45.1. The number of hydroxylamine groups is 2. The Morgan fingerprint density at radius 2 is 1.90 bits per heavy atom. The summed E-state index contributed by atoms with van der Waals surface area (Å²) in [6, 6.07) is 5.54. The number of aromatic nitrogens is 3. The van der Waals surface area contributed by atoms with Gasteiger partial charge in [0.1, 0.15) is 24.1 Å². The van der Waals surface area contributed by atoms with Gasteiger partial charge in [-0.1, -0.05) is 5.16 Å². The summed E-state index contributed by atoms with van der Waals surface area (Å²) in [5.41, 5.74) is 17.4. The number of thiazole rings is 1. The number of nitrogens with two attached hydrogens (primary N) is 3. The zero-order chi connectivity index (χ0) is 36.8. The second-order valence-electron chi connectivity index (χ2n) is 11.4. The number of hydrogen-bond donors (Lipinski definition) is 6. The van der Waals surface area contributed by atoms with Crippen molar-refractivity contribution < 1.29 is 46.3 Å². The van der Waals surface area contributed by atoms with Crippen molar-refractivity contribution >= 4 is 50.4 Å². The van der Waals surface area contributed by atoms with Crippen molar-refractivity contribution in [3.05, 3.63) is 47.2 Å². The van der Waals surface area contributed by atoms with Gasteiger partial charge in [0.15, 0.2) is 10.8 Å². The molecule has 3 heterocycles. The lowest BCUT2D eigenvalue weighted by Crippen LogP contribution is -2.76. The first-order valence-electron chi connectivity index (χ1n) is 15.0. The Bertz CT molecular complexity index is 1920. The van der Waals surface area contributed by atoms with Crippen molar-refractivity contribution in [3.63, 3.8) is 0 Å². The Balaban J connectivity index is 1.48. The second kappa shape index (κ2) is 15.8. The van der Waals surface area contributed by atoms with Crippen LogP contribution < -0.4 is 32.9 Å². The summed E-state index contributed by atoms with van der Waals surface area (Å²) in [4.78, 5) is 51.6. The molecule has 1 aliphatic heterocycles. The molecular formula is C28H38N10O10S2. The van der Waals surface area contributed by atoms with E-state index >= 15 is 0 Å². The summed E-state index contributed by atoms with van der Waals surface area (Å²) in [5, 5.41) is 17.7. The highest BCUT2D eigenvalue weighted by Gasteiger charge is 2.58. The largest absolute Gasteiger partial charge is 0.489 e. The maximum atomic E-state index is 13.3. The van der Waals surface area contributed by atoms with Gasteiger partial charge in [0.05, 0.1) is 17.8 Å². The summed E-state index contributed by atoms with van der Waals surface area (Å²) >= 11 is 0.954. The maximum Gasteiger partial charge on any atom is 0.418 e. The van der Waals surface area contributed by atoms with E-state index in [9.17, 15) is 27.9 Å². The number of carbonyl (C=O) groups is 3. The minimum atomic E-state index is -5.03. The summed E-state index contributed by atoms with van der Waals surface area (Å²) in [7, 11) is -3.14. The minimum Gasteiger partial charge on any atom is -0.489 e. The molecule has 50 heavy (non-hydrogen) atoms. The SMILES string of the molecule is Cn1c(-c2ccc(OC[C@H](O/N=C(\C(=O)NC3C(=O)N(OS(=O)(=O)O)C3(C)C)c3csc(N)n3)C(=O)O)cc2)cn(CCCN)c1=NCCN. The van der Waals surface area contributed by atoms with E-state index in [1.807, 2.05) is 22.4 Å². The summed E-state index contributed by atoms with van der Waals surface area (Å²) in [6.07, 6.45) is 1.02.